The molecule has 2 heterocycles. The predicted octanol–water partition coefficient (Wildman–Crippen LogP) is 2.58. The molecule has 3 rings (SSSR count). The molecule has 1 aromatic heterocycles. The molecular formula is C18H19FN2O3S. The van der Waals surface area contributed by atoms with Crippen molar-refractivity contribution < 1.29 is 17.6 Å². The van der Waals surface area contributed by atoms with Crippen molar-refractivity contribution in [3.05, 3.63) is 60.2 Å². The number of anilines is 1. The second kappa shape index (κ2) is 7.31. The monoisotopic (exact) mass is 362 g/mol. The lowest BCUT2D eigenvalue weighted by Gasteiger charge is -2.24. The van der Waals surface area contributed by atoms with Crippen LogP contribution in [0.1, 0.15) is 18.5 Å². The minimum Gasteiger partial charge on any atom is -0.306 e. The third kappa shape index (κ3) is 4.63. The van der Waals surface area contributed by atoms with Crippen LogP contribution in [0, 0.1) is 11.7 Å². The first-order chi connectivity index (χ1) is 11.9. The third-order valence-electron chi connectivity index (χ3n) is 4.28. The summed E-state index contributed by atoms with van der Waals surface area (Å²) in [6.07, 6.45) is 2.31. The van der Waals surface area contributed by atoms with E-state index in [1.807, 2.05) is 12.1 Å². The van der Waals surface area contributed by atoms with E-state index in [-0.39, 0.29) is 42.1 Å². The minimum absolute atomic E-state index is 0.0551. The molecule has 0 N–H and O–H groups in total. The van der Waals surface area contributed by atoms with Gasteiger partial charge in [-0.1, -0.05) is 6.07 Å². The molecule has 1 saturated heterocycles. The minimum atomic E-state index is -3.03. The zero-order valence-corrected chi connectivity index (χ0v) is 14.5. The molecule has 1 aromatic carbocycles. The van der Waals surface area contributed by atoms with Gasteiger partial charge in [-0.2, -0.15) is 0 Å². The Bertz CT molecular complexity index is 838. The molecule has 25 heavy (non-hydrogen) atoms. The lowest BCUT2D eigenvalue weighted by atomic mass is 10.0. The molecule has 1 atom stereocenters. The summed E-state index contributed by atoms with van der Waals surface area (Å²) in [5.74, 6) is -0.527. The smallest absolute Gasteiger partial charge is 0.227 e. The molecule has 0 spiro atoms. The molecule has 1 aliphatic rings. The Kier molecular flexibility index (Phi) is 5.13. The molecule has 1 aliphatic heterocycles. The van der Waals surface area contributed by atoms with Crippen LogP contribution in [0.2, 0.25) is 0 Å². The number of rotatable bonds is 5. The Morgan fingerprint density at radius 3 is 2.56 bits per heavy atom. The van der Waals surface area contributed by atoms with Crippen LogP contribution in [0.3, 0.4) is 0 Å². The average molecular weight is 362 g/mol. The largest absolute Gasteiger partial charge is 0.306 e. The van der Waals surface area contributed by atoms with Gasteiger partial charge in [-0.15, -0.1) is 0 Å². The van der Waals surface area contributed by atoms with Gasteiger partial charge in [0.15, 0.2) is 9.84 Å². The van der Waals surface area contributed by atoms with Gasteiger partial charge in [-0.3, -0.25) is 9.78 Å². The van der Waals surface area contributed by atoms with E-state index in [1.165, 1.54) is 17.0 Å². The topological polar surface area (TPSA) is 67.3 Å². The molecule has 0 radical (unpaired) electrons. The molecular weight excluding hydrogens is 343 g/mol. The first kappa shape index (κ1) is 17.5. The van der Waals surface area contributed by atoms with Crippen LogP contribution in [0.4, 0.5) is 10.1 Å². The SMILES string of the molecule is O=C(C[C@H]1CCS(=O)(=O)C1)N(Cc1ccccn1)c1ccc(F)cc1. The Hall–Kier alpha value is -2.28. The zero-order valence-electron chi connectivity index (χ0n) is 13.6. The standard InChI is InChI=1S/C18H19FN2O3S/c19-15-4-6-17(7-5-15)21(12-16-3-1-2-9-20-16)18(22)11-14-8-10-25(23,24)13-14/h1-7,9,14H,8,10-13H2/t14-/m1/s1. The quantitative estimate of drug-likeness (QED) is 0.820. The van der Waals surface area contributed by atoms with Crippen molar-refractivity contribution in [1.29, 1.82) is 0 Å². The van der Waals surface area contributed by atoms with Crippen molar-refractivity contribution in [1.82, 2.24) is 4.98 Å². The summed E-state index contributed by atoms with van der Waals surface area (Å²) in [6.45, 7) is 0.255. The number of benzene rings is 1. The summed E-state index contributed by atoms with van der Waals surface area (Å²) in [5, 5.41) is 0. The van der Waals surface area contributed by atoms with E-state index in [1.54, 1.807) is 24.4 Å². The third-order valence-corrected chi connectivity index (χ3v) is 6.11. The molecule has 0 aliphatic carbocycles. The lowest BCUT2D eigenvalue weighted by molar-refractivity contribution is -0.119. The van der Waals surface area contributed by atoms with Crippen LogP contribution in [-0.2, 0) is 21.2 Å². The van der Waals surface area contributed by atoms with Gasteiger partial charge in [0.05, 0.1) is 23.7 Å². The first-order valence-corrected chi connectivity index (χ1v) is 9.91. The molecule has 1 amide bonds. The highest BCUT2D eigenvalue weighted by Crippen LogP contribution is 2.25. The Labute approximate surface area is 146 Å². The number of pyridine rings is 1. The fraction of sp³-hybridized carbons (Fsp3) is 0.333. The fourth-order valence-corrected chi connectivity index (χ4v) is 4.85. The highest BCUT2D eigenvalue weighted by molar-refractivity contribution is 7.91. The Balaban J connectivity index is 1.80. The predicted molar refractivity (Wildman–Crippen MR) is 93.2 cm³/mol. The van der Waals surface area contributed by atoms with E-state index in [0.29, 0.717) is 17.8 Å². The van der Waals surface area contributed by atoms with Crippen LogP contribution in [0.25, 0.3) is 0 Å². The maximum absolute atomic E-state index is 13.2. The maximum Gasteiger partial charge on any atom is 0.227 e. The molecule has 0 unspecified atom stereocenters. The number of nitrogens with zero attached hydrogens (tertiary/aromatic N) is 2. The van der Waals surface area contributed by atoms with Crippen molar-refractivity contribution in [2.24, 2.45) is 5.92 Å². The van der Waals surface area contributed by atoms with Gasteiger partial charge in [-0.05, 0) is 48.7 Å². The van der Waals surface area contributed by atoms with E-state index in [4.69, 9.17) is 0 Å². The number of sulfone groups is 1. The van der Waals surface area contributed by atoms with E-state index in [2.05, 4.69) is 4.98 Å². The normalized spacial score (nSPS) is 18.8. The van der Waals surface area contributed by atoms with Crippen LogP contribution in [0.5, 0.6) is 0 Å². The molecule has 132 valence electrons. The molecule has 0 bridgehead atoms. The second-order valence-electron chi connectivity index (χ2n) is 6.25. The van der Waals surface area contributed by atoms with Gasteiger partial charge < -0.3 is 4.90 Å². The summed E-state index contributed by atoms with van der Waals surface area (Å²) in [5.41, 5.74) is 1.28. The van der Waals surface area contributed by atoms with Crippen molar-refractivity contribution in [2.75, 3.05) is 16.4 Å². The fourth-order valence-electron chi connectivity index (χ4n) is 2.99. The van der Waals surface area contributed by atoms with E-state index in [9.17, 15) is 17.6 Å². The van der Waals surface area contributed by atoms with Crippen molar-refractivity contribution in [3.63, 3.8) is 0 Å². The molecule has 1 fully saturated rings. The van der Waals surface area contributed by atoms with E-state index in [0.717, 1.165) is 0 Å². The number of hydrogen-bond acceptors (Lipinski definition) is 4. The van der Waals surface area contributed by atoms with Crippen molar-refractivity contribution >= 4 is 21.4 Å². The van der Waals surface area contributed by atoms with Gasteiger partial charge in [0, 0.05) is 18.3 Å². The maximum atomic E-state index is 13.2. The molecule has 5 nitrogen and oxygen atoms in total. The van der Waals surface area contributed by atoms with E-state index >= 15 is 0 Å². The number of carbonyl (C=O) groups excluding carboxylic acids is 1. The Morgan fingerprint density at radius 1 is 1.20 bits per heavy atom. The van der Waals surface area contributed by atoms with E-state index < -0.39 is 9.84 Å². The summed E-state index contributed by atoms with van der Waals surface area (Å²) in [7, 11) is -3.03. The van der Waals surface area contributed by atoms with Crippen molar-refractivity contribution in [3.8, 4) is 0 Å². The van der Waals surface area contributed by atoms with Gasteiger partial charge >= 0.3 is 0 Å². The van der Waals surface area contributed by atoms with Gasteiger partial charge in [0.25, 0.3) is 0 Å². The highest BCUT2D eigenvalue weighted by Gasteiger charge is 2.31. The Morgan fingerprint density at radius 2 is 1.96 bits per heavy atom. The molecule has 7 heteroatoms. The molecule has 2 aromatic rings. The summed E-state index contributed by atoms with van der Waals surface area (Å²) >= 11 is 0. The van der Waals surface area contributed by atoms with Crippen LogP contribution in [-0.4, -0.2) is 30.8 Å². The summed E-state index contributed by atoms with van der Waals surface area (Å²) < 4.78 is 36.4. The lowest BCUT2D eigenvalue weighted by Crippen LogP contribution is -2.32. The van der Waals surface area contributed by atoms with Crippen LogP contribution in [0.15, 0.2) is 48.7 Å². The van der Waals surface area contributed by atoms with Gasteiger partial charge in [0.2, 0.25) is 5.91 Å². The van der Waals surface area contributed by atoms with Crippen molar-refractivity contribution in [2.45, 2.75) is 19.4 Å². The summed E-state index contributed by atoms with van der Waals surface area (Å²) in [6, 6.07) is 11.1. The highest BCUT2D eigenvalue weighted by atomic mass is 32.2. The first-order valence-electron chi connectivity index (χ1n) is 8.09. The van der Waals surface area contributed by atoms with Crippen LogP contribution < -0.4 is 4.90 Å². The number of amides is 1. The number of hydrogen-bond donors (Lipinski definition) is 0. The number of carbonyl (C=O) groups is 1. The average Bonchev–Trinajstić information content (AvgIpc) is 2.93. The number of halogens is 1. The van der Waals surface area contributed by atoms with Gasteiger partial charge in [0.1, 0.15) is 5.82 Å². The second-order valence-corrected chi connectivity index (χ2v) is 8.48. The van der Waals surface area contributed by atoms with Crippen LogP contribution >= 0.6 is 0 Å². The molecule has 0 saturated carbocycles. The zero-order chi connectivity index (χ0) is 17.9. The van der Waals surface area contributed by atoms with Gasteiger partial charge in [-0.25, -0.2) is 12.8 Å². The summed E-state index contributed by atoms with van der Waals surface area (Å²) in [4.78, 5) is 18.6. The number of aromatic nitrogens is 1.